The van der Waals surface area contributed by atoms with Crippen LogP contribution in [-0.4, -0.2) is 34.6 Å². The number of benzene rings is 2. The second-order valence-corrected chi connectivity index (χ2v) is 6.57. The molecule has 0 aliphatic carbocycles. The van der Waals surface area contributed by atoms with Crippen LogP contribution in [0.3, 0.4) is 0 Å². The highest BCUT2D eigenvalue weighted by molar-refractivity contribution is 5.80. The van der Waals surface area contributed by atoms with Crippen molar-refractivity contribution in [3.63, 3.8) is 0 Å². The minimum Gasteiger partial charge on any atom is -0.493 e. The fraction of sp³-hybridized carbons (Fsp3) is 0.190. The Morgan fingerprint density at radius 1 is 1.21 bits per heavy atom. The van der Waals surface area contributed by atoms with Gasteiger partial charge in [-0.3, -0.25) is 4.57 Å². The lowest BCUT2D eigenvalue weighted by Gasteiger charge is -2.18. The lowest BCUT2D eigenvalue weighted by molar-refractivity contribution is 0.186. The Morgan fingerprint density at radius 2 is 2.04 bits per heavy atom. The van der Waals surface area contributed by atoms with Crippen molar-refractivity contribution >= 4 is 18.2 Å². The maximum atomic E-state index is 10.5. The van der Waals surface area contributed by atoms with Gasteiger partial charge in [-0.05, 0) is 29.0 Å². The number of ether oxygens (including phenoxy) is 1. The summed E-state index contributed by atoms with van der Waals surface area (Å²) >= 11 is 0. The lowest BCUT2D eigenvalue weighted by atomic mass is 10.1. The summed E-state index contributed by atoms with van der Waals surface area (Å²) in [6.07, 6.45) is 3.55. The number of aromatic hydroxyl groups is 1. The molecule has 7 nitrogen and oxygen atoms in total. The number of imidazole rings is 1. The van der Waals surface area contributed by atoms with Crippen molar-refractivity contribution < 1.29 is 9.84 Å². The van der Waals surface area contributed by atoms with E-state index in [1.54, 1.807) is 24.9 Å². The molecular formula is C21H21N5O2. The molecule has 0 fully saturated rings. The molecule has 0 unspecified atom stereocenters. The molecule has 4 rings (SSSR count). The van der Waals surface area contributed by atoms with Crippen LogP contribution in [0, 0.1) is 0 Å². The Kier molecular flexibility index (Phi) is 4.90. The summed E-state index contributed by atoms with van der Waals surface area (Å²) < 4.78 is 6.98. The fourth-order valence-electron chi connectivity index (χ4n) is 3.13. The van der Waals surface area contributed by atoms with Gasteiger partial charge in [0.15, 0.2) is 0 Å². The van der Waals surface area contributed by atoms with E-state index in [4.69, 9.17) is 4.74 Å². The van der Waals surface area contributed by atoms with Crippen molar-refractivity contribution in [2.75, 3.05) is 19.0 Å². The zero-order valence-corrected chi connectivity index (χ0v) is 15.7. The number of rotatable bonds is 6. The van der Waals surface area contributed by atoms with Crippen LogP contribution < -0.4 is 15.9 Å². The molecule has 0 bridgehead atoms. The standard InChI is InChI=1S/C21H21N5O2/c1-26-20(27)18(11-14-8-9-17-16(10-14)12-22-25-17)23-21(26)24-19(13-28-2)15-6-4-3-5-7-15/h3-12,19,27H,13H2,1-2H3,(H,23,24)/t19-/m0/s1. The van der Waals surface area contributed by atoms with E-state index in [9.17, 15) is 5.11 Å². The molecular weight excluding hydrogens is 354 g/mol. The first-order valence-corrected chi connectivity index (χ1v) is 8.94. The number of nitrogens with zero attached hydrogens (tertiary/aromatic N) is 4. The summed E-state index contributed by atoms with van der Waals surface area (Å²) in [5.41, 5.74) is 2.52. The maximum Gasteiger partial charge on any atom is 0.220 e. The molecule has 1 aliphatic heterocycles. The van der Waals surface area contributed by atoms with Gasteiger partial charge in [0.05, 0.1) is 24.2 Å². The van der Waals surface area contributed by atoms with Crippen LogP contribution in [0.15, 0.2) is 58.7 Å². The predicted octanol–water partition coefficient (Wildman–Crippen LogP) is 1.72. The Hall–Kier alpha value is -3.45. The summed E-state index contributed by atoms with van der Waals surface area (Å²) in [5.74, 6) is 0.651. The molecule has 2 N–H and O–H groups in total. The molecule has 1 aromatic heterocycles. The van der Waals surface area contributed by atoms with Gasteiger partial charge >= 0.3 is 0 Å². The number of nitrogens with one attached hydrogen (secondary N) is 1. The summed E-state index contributed by atoms with van der Waals surface area (Å²) in [7, 11) is 3.43. The average Bonchev–Trinajstić information content (AvgIpc) is 3.28. The molecule has 0 saturated carbocycles. The van der Waals surface area contributed by atoms with Gasteiger partial charge in [0, 0.05) is 19.7 Å². The minimum absolute atomic E-state index is 0.0858. The van der Waals surface area contributed by atoms with Crippen molar-refractivity contribution in [1.82, 2.24) is 9.55 Å². The molecule has 2 aromatic carbocycles. The van der Waals surface area contributed by atoms with E-state index in [1.165, 1.54) is 0 Å². The van der Waals surface area contributed by atoms with Crippen LogP contribution in [0.1, 0.15) is 22.9 Å². The summed E-state index contributed by atoms with van der Waals surface area (Å²) in [5, 5.41) is 23.6. The summed E-state index contributed by atoms with van der Waals surface area (Å²) in [4.78, 5) is 4.58. The number of hydrogen-bond acceptors (Lipinski definition) is 6. The van der Waals surface area contributed by atoms with Crippen LogP contribution in [0.25, 0.3) is 6.08 Å². The van der Waals surface area contributed by atoms with E-state index >= 15 is 0 Å². The summed E-state index contributed by atoms with van der Waals surface area (Å²) in [6, 6.07) is 15.7. The molecule has 0 saturated heterocycles. The van der Waals surface area contributed by atoms with Crippen molar-refractivity contribution in [1.29, 1.82) is 0 Å². The maximum absolute atomic E-state index is 10.5. The Labute approximate surface area is 162 Å². The number of methoxy groups -OCH3 is 1. The van der Waals surface area contributed by atoms with Crippen LogP contribution >= 0.6 is 0 Å². The molecule has 1 aliphatic rings. The first kappa shape index (κ1) is 17.9. The largest absolute Gasteiger partial charge is 0.493 e. The van der Waals surface area contributed by atoms with Crippen LogP contribution in [0.4, 0.5) is 5.95 Å². The highest BCUT2D eigenvalue weighted by Gasteiger charge is 2.17. The third-order valence-electron chi connectivity index (χ3n) is 4.65. The molecule has 142 valence electrons. The lowest BCUT2D eigenvalue weighted by Crippen LogP contribution is -2.18. The highest BCUT2D eigenvalue weighted by Crippen LogP contribution is 2.25. The Bertz CT molecular complexity index is 1140. The normalized spacial score (nSPS) is 14.0. The van der Waals surface area contributed by atoms with Crippen LogP contribution in [0.5, 0.6) is 5.88 Å². The molecule has 0 radical (unpaired) electrons. The zero-order valence-electron chi connectivity index (χ0n) is 15.7. The Balaban J connectivity index is 1.66. The van der Waals surface area contributed by atoms with E-state index in [2.05, 4.69) is 20.5 Å². The number of anilines is 1. The van der Waals surface area contributed by atoms with Gasteiger partial charge in [0.2, 0.25) is 11.8 Å². The molecule has 2 heterocycles. The van der Waals surface area contributed by atoms with E-state index in [0.29, 0.717) is 18.2 Å². The van der Waals surface area contributed by atoms with Gasteiger partial charge < -0.3 is 15.2 Å². The van der Waals surface area contributed by atoms with Crippen LogP contribution in [0.2, 0.25) is 0 Å². The van der Waals surface area contributed by atoms with E-state index < -0.39 is 0 Å². The van der Waals surface area contributed by atoms with Crippen molar-refractivity contribution in [3.8, 4) is 5.88 Å². The first-order chi connectivity index (χ1) is 13.7. The second-order valence-electron chi connectivity index (χ2n) is 6.57. The quantitative estimate of drug-likeness (QED) is 0.687. The van der Waals surface area contributed by atoms with Gasteiger partial charge in [-0.15, -0.1) is 0 Å². The van der Waals surface area contributed by atoms with Gasteiger partial charge in [-0.25, -0.2) is 4.98 Å². The predicted molar refractivity (Wildman–Crippen MR) is 108 cm³/mol. The SMILES string of the molecule is COC[C@H](Nc1nc(C=c2ccc3c(c2)C=NN=3)c(O)n1C)c1ccccc1. The first-order valence-electron chi connectivity index (χ1n) is 8.94. The highest BCUT2D eigenvalue weighted by atomic mass is 16.5. The van der Waals surface area contributed by atoms with Gasteiger partial charge in [0.25, 0.3) is 0 Å². The molecule has 7 heteroatoms. The smallest absolute Gasteiger partial charge is 0.220 e. The topological polar surface area (TPSA) is 84.0 Å². The number of fused-ring (bicyclic) bond motifs is 1. The van der Waals surface area contributed by atoms with Gasteiger partial charge in [-0.1, -0.05) is 36.4 Å². The van der Waals surface area contributed by atoms with E-state index in [-0.39, 0.29) is 11.9 Å². The molecule has 3 aromatic rings. The molecule has 1 atom stereocenters. The van der Waals surface area contributed by atoms with Crippen molar-refractivity contribution in [2.45, 2.75) is 6.04 Å². The van der Waals surface area contributed by atoms with Gasteiger partial charge in [0.1, 0.15) is 5.69 Å². The van der Waals surface area contributed by atoms with E-state index in [1.807, 2.05) is 54.6 Å². The number of aromatic nitrogens is 2. The third kappa shape index (κ3) is 3.52. The monoisotopic (exact) mass is 375 g/mol. The average molecular weight is 375 g/mol. The molecule has 0 spiro atoms. The summed E-state index contributed by atoms with van der Waals surface area (Å²) in [6.45, 7) is 0.477. The zero-order chi connectivity index (χ0) is 19.5. The Morgan fingerprint density at radius 3 is 2.82 bits per heavy atom. The van der Waals surface area contributed by atoms with Gasteiger partial charge in [-0.2, -0.15) is 10.2 Å². The molecule has 0 amide bonds. The fourth-order valence-corrected chi connectivity index (χ4v) is 3.13. The third-order valence-corrected chi connectivity index (χ3v) is 4.65. The van der Waals surface area contributed by atoms with Crippen molar-refractivity contribution in [3.05, 3.63) is 75.9 Å². The second kappa shape index (κ2) is 7.66. The van der Waals surface area contributed by atoms with Crippen molar-refractivity contribution in [2.24, 2.45) is 17.3 Å². The number of hydrogen-bond donors (Lipinski definition) is 2. The van der Waals surface area contributed by atoms with E-state index in [0.717, 1.165) is 21.7 Å². The van der Waals surface area contributed by atoms with Crippen LogP contribution in [-0.2, 0) is 11.8 Å². The minimum atomic E-state index is -0.0858. The molecule has 28 heavy (non-hydrogen) atoms.